The number of esters is 1. The minimum atomic E-state index is -4.26. The number of phosphoric ester groups is 1. The Balaban J connectivity index is 4.23. The first-order valence-corrected chi connectivity index (χ1v) is 21.8. The largest absolute Gasteiger partial charge is 0.472 e. The van der Waals surface area contributed by atoms with E-state index in [1.54, 1.807) is 0 Å². The van der Waals surface area contributed by atoms with Gasteiger partial charge in [-0.05, 0) is 12.8 Å². The average molecular weight is 707 g/mol. The molecule has 0 aliphatic carbocycles. The van der Waals surface area contributed by atoms with Gasteiger partial charge < -0.3 is 18.9 Å². The van der Waals surface area contributed by atoms with Crippen LogP contribution in [0.25, 0.3) is 0 Å². The molecule has 0 aromatic carbocycles. The number of rotatable bonds is 38. The Morgan fingerprint density at radius 3 is 1.38 bits per heavy atom. The van der Waals surface area contributed by atoms with Crippen molar-refractivity contribution < 1.29 is 37.3 Å². The van der Waals surface area contributed by atoms with Gasteiger partial charge in [0, 0.05) is 13.0 Å². The van der Waals surface area contributed by atoms with Gasteiger partial charge in [0.1, 0.15) is 19.3 Å². The summed E-state index contributed by atoms with van der Waals surface area (Å²) in [5.74, 6) is -0.311. The second kappa shape index (κ2) is 33.6. The normalized spacial score (nSPS) is 13.9. The van der Waals surface area contributed by atoms with E-state index >= 15 is 0 Å². The predicted molar refractivity (Wildman–Crippen MR) is 201 cm³/mol. The number of likely N-dealkylation sites (N-methyl/N-ethyl adjacent to an activating group) is 1. The van der Waals surface area contributed by atoms with Crippen molar-refractivity contribution in [3.05, 3.63) is 0 Å². The monoisotopic (exact) mass is 707 g/mol. The molecule has 0 aliphatic rings. The number of unbranched alkanes of at least 4 members (excludes halogenated alkanes) is 24. The molecular weight excluding hydrogens is 625 g/mol. The Kier molecular flexibility index (Phi) is 33.3. The van der Waals surface area contributed by atoms with E-state index in [0.717, 1.165) is 32.1 Å². The first-order valence-electron chi connectivity index (χ1n) is 20.3. The van der Waals surface area contributed by atoms with Gasteiger partial charge in [-0.15, -0.1) is 0 Å². The molecule has 9 heteroatoms. The lowest BCUT2D eigenvalue weighted by atomic mass is 10.0. The minimum Gasteiger partial charge on any atom is -0.457 e. The van der Waals surface area contributed by atoms with Crippen molar-refractivity contribution >= 4 is 13.8 Å². The molecule has 2 atom stereocenters. The summed E-state index contributed by atoms with van der Waals surface area (Å²) in [5.41, 5.74) is 0. The van der Waals surface area contributed by atoms with E-state index < -0.39 is 13.9 Å². The molecule has 8 nitrogen and oxygen atoms in total. The van der Waals surface area contributed by atoms with Crippen LogP contribution < -0.4 is 0 Å². The van der Waals surface area contributed by atoms with Gasteiger partial charge in [-0.3, -0.25) is 13.8 Å². The van der Waals surface area contributed by atoms with Gasteiger partial charge in [0.05, 0.1) is 34.4 Å². The summed E-state index contributed by atoms with van der Waals surface area (Å²) in [6, 6.07) is 0. The highest BCUT2D eigenvalue weighted by Gasteiger charge is 2.26. The summed E-state index contributed by atoms with van der Waals surface area (Å²) >= 11 is 0. The van der Waals surface area contributed by atoms with Crippen LogP contribution in [0, 0.1) is 0 Å². The fourth-order valence-corrected chi connectivity index (χ4v) is 6.47. The average Bonchev–Trinajstić information content (AvgIpc) is 3.03. The van der Waals surface area contributed by atoms with Crippen LogP contribution in [0.1, 0.15) is 187 Å². The lowest BCUT2D eigenvalue weighted by Gasteiger charge is -2.24. The predicted octanol–water partition coefficient (Wildman–Crippen LogP) is 11.3. The number of carbonyl (C=O) groups excluding carboxylic acids is 1. The van der Waals surface area contributed by atoms with Crippen LogP contribution in [-0.4, -0.2) is 75.6 Å². The van der Waals surface area contributed by atoms with Gasteiger partial charge in [-0.2, -0.15) is 0 Å². The first-order chi connectivity index (χ1) is 23.1. The number of hydrogen-bond acceptors (Lipinski definition) is 6. The van der Waals surface area contributed by atoms with E-state index in [1.165, 1.54) is 135 Å². The van der Waals surface area contributed by atoms with Crippen molar-refractivity contribution in [3.8, 4) is 0 Å². The van der Waals surface area contributed by atoms with Gasteiger partial charge in [0.25, 0.3) is 0 Å². The molecule has 0 bridgehead atoms. The molecule has 0 rings (SSSR count). The molecule has 0 radical (unpaired) electrons. The number of nitrogens with zero attached hydrogens (tertiary/aromatic N) is 1. The Morgan fingerprint density at radius 2 is 0.958 bits per heavy atom. The molecule has 0 saturated heterocycles. The van der Waals surface area contributed by atoms with E-state index in [1.807, 2.05) is 21.1 Å². The Hall–Kier alpha value is -0.500. The lowest BCUT2D eigenvalue weighted by molar-refractivity contribution is -0.870. The third-order valence-corrected chi connectivity index (χ3v) is 9.90. The van der Waals surface area contributed by atoms with Crippen molar-refractivity contribution in [3.63, 3.8) is 0 Å². The van der Waals surface area contributed by atoms with Crippen molar-refractivity contribution in [1.29, 1.82) is 0 Å². The molecule has 0 aliphatic heterocycles. The number of phosphoric acid groups is 1. The second-order valence-electron chi connectivity index (χ2n) is 15.0. The Morgan fingerprint density at radius 1 is 0.562 bits per heavy atom. The third kappa shape index (κ3) is 36.8. The van der Waals surface area contributed by atoms with Crippen molar-refractivity contribution in [2.75, 3.05) is 54.1 Å². The van der Waals surface area contributed by atoms with Crippen LogP contribution in [0.3, 0.4) is 0 Å². The van der Waals surface area contributed by atoms with Crippen molar-refractivity contribution in [2.24, 2.45) is 0 Å². The van der Waals surface area contributed by atoms with Crippen LogP contribution in [0.15, 0.2) is 0 Å². The molecule has 48 heavy (non-hydrogen) atoms. The molecule has 0 amide bonds. The van der Waals surface area contributed by atoms with Crippen LogP contribution in [0.2, 0.25) is 0 Å². The zero-order chi connectivity index (χ0) is 35.6. The zero-order valence-electron chi connectivity index (χ0n) is 32.5. The van der Waals surface area contributed by atoms with Crippen LogP contribution in [-0.2, 0) is 27.9 Å². The van der Waals surface area contributed by atoms with Gasteiger partial charge >= 0.3 is 13.8 Å². The van der Waals surface area contributed by atoms with E-state index in [2.05, 4.69) is 13.8 Å². The summed E-state index contributed by atoms with van der Waals surface area (Å²) in [7, 11) is 1.68. The molecule has 288 valence electrons. The summed E-state index contributed by atoms with van der Waals surface area (Å²) < 4.78 is 34.9. The molecule has 0 spiro atoms. The summed E-state index contributed by atoms with van der Waals surface area (Å²) in [6.45, 7) is 5.66. The van der Waals surface area contributed by atoms with Crippen LogP contribution in [0.4, 0.5) is 0 Å². The quantitative estimate of drug-likeness (QED) is 0.0296. The number of ether oxygens (including phenoxy) is 2. The standard InChI is InChI=1S/C39H80NO7P/c1-6-8-10-12-14-16-18-20-21-23-25-27-29-31-34-44-36-38(37-46-48(42,43)45-35-33-40(3,4)5)47-39(41)32-30-28-26-24-22-19-17-15-13-11-9-7-2/h38H,6-37H2,1-5H3/p+1/t38-/m1/s1. The molecule has 1 unspecified atom stereocenters. The number of quaternary nitrogens is 1. The summed E-state index contributed by atoms with van der Waals surface area (Å²) in [6.07, 6.45) is 32.6. The third-order valence-electron chi connectivity index (χ3n) is 8.92. The van der Waals surface area contributed by atoms with E-state index in [-0.39, 0.29) is 25.8 Å². The smallest absolute Gasteiger partial charge is 0.457 e. The fourth-order valence-electron chi connectivity index (χ4n) is 5.73. The maximum atomic E-state index is 12.6. The maximum Gasteiger partial charge on any atom is 0.472 e. The van der Waals surface area contributed by atoms with Gasteiger partial charge in [-0.25, -0.2) is 4.57 Å². The Bertz CT molecular complexity index is 746. The molecule has 0 aromatic heterocycles. The SMILES string of the molecule is CCCCCCCCCCCCCCCCOC[C@H](COP(=O)(O)OCC[N+](C)(C)C)OC(=O)CCCCCCCCCCCCCC. The first kappa shape index (κ1) is 47.5. The van der Waals surface area contributed by atoms with Crippen LogP contribution in [0.5, 0.6) is 0 Å². The second-order valence-corrected chi connectivity index (χ2v) is 16.5. The molecule has 0 aromatic rings. The topological polar surface area (TPSA) is 91.3 Å². The van der Waals surface area contributed by atoms with Crippen molar-refractivity contribution in [1.82, 2.24) is 0 Å². The number of hydrogen-bond donors (Lipinski definition) is 1. The van der Waals surface area contributed by atoms with E-state index in [0.29, 0.717) is 24.1 Å². The van der Waals surface area contributed by atoms with E-state index in [9.17, 15) is 14.3 Å². The van der Waals surface area contributed by atoms with Gasteiger partial charge in [-0.1, -0.05) is 168 Å². The van der Waals surface area contributed by atoms with Gasteiger partial charge in [0.15, 0.2) is 0 Å². The minimum absolute atomic E-state index is 0.0936. The summed E-state index contributed by atoms with van der Waals surface area (Å²) in [5, 5.41) is 0. The van der Waals surface area contributed by atoms with E-state index in [4.69, 9.17) is 18.5 Å². The number of carbonyl (C=O) groups is 1. The lowest BCUT2D eigenvalue weighted by Crippen LogP contribution is -2.37. The molecule has 0 fully saturated rings. The molecule has 1 N–H and O–H groups in total. The highest BCUT2D eigenvalue weighted by Crippen LogP contribution is 2.43. The van der Waals surface area contributed by atoms with Crippen LogP contribution >= 0.6 is 7.82 Å². The highest BCUT2D eigenvalue weighted by molar-refractivity contribution is 7.47. The maximum absolute atomic E-state index is 12.6. The Labute approximate surface area is 298 Å². The molecule has 0 saturated carbocycles. The highest BCUT2D eigenvalue weighted by atomic mass is 31.2. The summed E-state index contributed by atoms with van der Waals surface area (Å²) in [4.78, 5) is 22.8. The fraction of sp³-hybridized carbons (Fsp3) is 0.974. The zero-order valence-corrected chi connectivity index (χ0v) is 33.4. The van der Waals surface area contributed by atoms with Gasteiger partial charge in [0.2, 0.25) is 0 Å². The molecule has 0 heterocycles. The van der Waals surface area contributed by atoms with Crippen molar-refractivity contribution in [2.45, 2.75) is 193 Å². The molecular formula is C39H81NO7P+.